The molecule has 1 heterocycles. The summed E-state index contributed by atoms with van der Waals surface area (Å²) < 4.78 is 0. The molecule has 1 rings (SSSR count). The Balaban J connectivity index is 2.44. The van der Waals surface area contributed by atoms with E-state index in [0.717, 1.165) is 0 Å². The van der Waals surface area contributed by atoms with Crippen molar-refractivity contribution in [3.05, 3.63) is 17.5 Å². The van der Waals surface area contributed by atoms with Gasteiger partial charge in [-0.2, -0.15) is 10.1 Å². The first-order valence-corrected chi connectivity index (χ1v) is 2.11. The Kier molecular flexibility index (Phi) is 0.883. The van der Waals surface area contributed by atoms with E-state index >= 15 is 0 Å². The van der Waals surface area contributed by atoms with E-state index in [1.54, 1.807) is 6.92 Å². The van der Waals surface area contributed by atoms with Crippen LogP contribution in [0.3, 0.4) is 0 Å². The summed E-state index contributed by atoms with van der Waals surface area (Å²) in [7, 11) is 0. The van der Waals surface area contributed by atoms with Crippen molar-refractivity contribution in [2.75, 3.05) is 0 Å². The Morgan fingerprint density at radius 3 is 2.57 bits per heavy atom. The zero-order valence-electron chi connectivity index (χ0n) is 4.10. The molecule has 1 saturated heterocycles. The standard InChI is InChI=1S/C4H7NO2/c1-3-4(2)7-5(3)6/h4-5H,1H2,2H3. The number of rotatable bonds is 0. The van der Waals surface area contributed by atoms with Crippen LogP contribution in [0.15, 0.2) is 12.3 Å². The van der Waals surface area contributed by atoms with Gasteiger partial charge in [0.15, 0.2) is 11.8 Å². The van der Waals surface area contributed by atoms with Crippen molar-refractivity contribution in [3.63, 3.8) is 0 Å². The van der Waals surface area contributed by atoms with Crippen molar-refractivity contribution in [3.8, 4) is 0 Å². The number of nitrogens with one attached hydrogen (secondary N) is 1. The van der Waals surface area contributed by atoms with E-state index in [-0.39, 0.29) is 11.3 Å². The summed E-state index contributed by atoms with van der Waals surface area (Å²) in [6.07, 6.45) is -0.0347. The average molecular weight is 101 g/mol. The van der Waals surface area contributed by atoms with Gasteiger partial charge in [0, 0.05) is 0 Å². The van der Waals surface area contributed by atoms with E-state index in [4.69, 9.17) is 0 Å². The summed E-state index contributed by atoms with van der Waals surface area (Å²) in [5.74, 6) is 0. The van der Waals surface area contributed by atoms with Crippen LogP contribution in [0.2, 0.25) is 0 Å². The maximum absolute atomic E-state index is 10.1. The third-order valence-electron chi connectivity index (χ3n) is 1.04. The molecule has 0 radical (unpaired) electrons. The molecule has 0 aromatic carbocycles. The van der Waals surface area contributed by atoms with Crippen LogP contribution in [0, 0.1) is 5.21 Å². The van der Waals surface area contributed by atoms with Crippen LogP contribution >= 0.6 is 0 Å². The fourth-order valence-corrected chi connectivity index (χ4v) is 0.415. The third kappa shape index (κ3) is 0.545. The lowest BCUT2D eigenvalue weighted by molar-refractivity contribution is -1.08. The van der Waals surface area contributed by atoms with E-state index in [1.807, 2.05) is 0 Å². The van der Waals surface area contributed by atoms with Crippen molar-refractivity contribution in [2.45, 2.75) is 13.0 Å². The highest BCUT2D eigenvalue weighted by Gasteiger charge is 2.29. The van der Waals surface area contributed by atoms with Gasteiger partial charge in [0.1, 0.15) is 0 Å². The first-order chi connectivity index (χ1) is 3.22. The van der Waals surface area contributed by atoms with Gasteiger partial charge in [-0.25, -0.2) is 0 Å². The van der Waals surface area contributed by atoms with Crippen LogP contribution in [0.1, 0.15) is 6.92 Å². The van der Waals surface area contributed by atoms with Gasteiger partial charge in [0.25, 0.3) is 0 Å². The van der Waals surface area contributed by atoms with Gasteiger partial charge in [-0.1, -0.05) is 0 Å². The molecule has 2 atom stereocenters. The second-order valence-electron chi connectivity index (χ2n) is 1.57. The number of quaternary nitrogens is 1. The monoisotopic (exact) mass is 101 g/mol. The highest BCUT2D eigenvalue weighted by atomic mass is 16.9. The van der Waals surface area contributed by atoms with Gasteiger partial charge >= 0.3 is 0 Å². The summed E-state index contributed by atoms with van der Waals surface area (Å²) in [6.45, 7) is 5.24. The van der Waals surface area contributed by atoms with Gasteiger partial charge in [0.05, 0.1) is 0 Å². The van der Waals surface area contributed by atoms with E-state index in [0.29, 0.717) is 5.70 Å². The molecule has 0 aromatic heterocycles. The molecule has 0 saturated carbocycles. The first kappa shape index (κ1) is 4.77. The largest absolute Gasteiger partial charge is 0.595 e. The van der Waals surface area contributed by atoms with Crippen molar-refractivity contribution >= 4 is 0 Å². The fraction of sp³-hybridized carbons (Fsp3) is 0.500. The highest BCUT2D eigenvalue weighted by Crippen LogP contribution is 2.00. The van der Waals surface area contributed by atoms with Crippen LogP contribution in [-0.4, -0.2) is 6.10 Å². The Bertz CT molecular complexity index is 91.9. The Hall–Kier alpha value is -0.380. The van der Waals surface area contributed by atoms with E-state index in [9.17, 15) is 5.21 Å². The molecule has 1 aliphatic heterocycles. The molecule has 0 amide bonds. The molecule has 3 nitrogen and oxygen atoms in total. The molecule has 0 aliphatic carbocycles. The first-order valence-electron chi connectivity index (χ1n) is 2.11. The number of hydroxylamine groups is 2. The summed E-state index contributed by atoms with van der Waals surface area (Å²) in [6, 6.07) is 0. The van der Waals surface area contributed by atoms with Crippen molar-refractivity contribution in [1.29, 1.82) is 0 Å². The normalized spacial score (nSPS) is 40.6. The highest BCUT2D eigenvalue weighted by molar-refractivity contribution is 4.90. The van der Waals surface area contributed by atoms with E-state index in [2.05, 4.69) is 11.4 Å². The molecule has 0 aromatic rings. The summed E-state index contributed by atoms with van der Waals surface area (Å²) in [5.41, 5.74) is 0.583. The predicted octanol–water partition coefficient (Wildman–Crippen LogP) is -0.784. The zero-order chi connectivity index (χ0) is 5.44. The van der Waals surface area contributed by atoms with Gasteiger partial charge in [-0.05, 0) is 13.5 Å². The maximum Gasteiger partial charge on any atom is 0.191 e. The molecular formula is C4H7NO2. The lowest BCUT2D eigenvalue weighted by atomic mass is 10.3. The van der Waals surface area contributed by atoms with Crippen molar-refractivity contribution in [1.82, 2.24) is 0 Å². The third-order valence-corrected chi connectivity index (χ3v) is 1.04. The predicted molar refractivity (Wildman–Crippen MR) is 24.0 cm³/mol. The Morgan fingerprint density at radius 1 is 2.00 bits per heavy atom. The summed E-state index contributed by atoms with van der Waals surface area (Å²) in [4.78, 5) is 4.51. The SMILES string of the molecule is C=C1C(C)O[NH+]1[O-]. The summed E-state index contributed by atoms with van der Waals surface area (Å²) >= 11 is 0. The molecule has 1 aliphatic rings. The number of hydrogen-bond acceptors (Lipinski definition) is 2. The minimum absolute atomic E-state index is 0.0347. The second kappa shape index (κ2) is 1.30. The van der Waals surface area contributed by atoms with E-state index < -0.39 is 0 Å². The fourth-order valence-electron chi connectivity index (χ4n) is 0.415. The molecule has 0 bridgehead atoms. The molecule has 40 valence electrons. The van der Waals surface area contributed by atoms with Crippen LogP contribution < -0.4 is 5.23 Å². The Labute approximate surface area is 41.7 Å². The lowest BCUT2D eigenvalue weighted by Crippen LogP contribution is -3.12. The van der Waals surface area contributed by atoms with Crippen molar-refractivity contribution < 1.29 is 10.1 Å². The zero-order valence-corrected chi connectivity index (χ0v) is 4.10. The summed E-state index contributed by atoms with van der Waals surface area (Å²) in [5, 5.41) is 9.86. The smallest absolute Gasteiger partial charge is 0.191 e. The molecule has 1 N–H and O–H groups in total. The second-order valence-corrected chi connectivity index (χ2v) is 1.57. The quantitative estimate of drug-likeness (QED) is 0.406. The maximum atomic E-state index is 10.1. The number of hydrogen-bond donors (Lipinski definition) is 1. The molecule has 3 heteroatoms. The average Bonchev–Trinajstić information content (AvgIpc) is 1.68. The lowest BCUT2D eigenvalue weighted by Gasteiger charge is -2.34. The van der Waals surface area contributed by atoms with E-state index in [1.165, 1.54) is 0 Å². The van der Waals surface area contributed by atoms with Gasteiger partial charge < -0.3 is 5.21 Å². The minimum Gasteiger partial charge on any atom is -0.595 e. The Morgan fingerprint density at radius 2 is 2.57 bits per heavy atom. The van der Waals surface area contributed by atoms with Gasteiger partial charge in [-0.15, -0.1) is 0 Å². The molecular weight excluding hydrogens is 94.0 g/mol. The molecule has 0 spiro atoms. The molecule has 7 heavy (non-hydrogen) atoms. The molecule has 1 fully saturated rings. The van der Waals surface area contributed by atoms with Crippen LogP contribution in [-0.2, 0) is 4.84 Å². The topological polar surface area (TPSA) is 36.7 Å². The van der Waals surface area contributed by atoms with Crippen molar-refractivity contribution in [2.24, 2.45) is 0 Å². The minimum atomic E-state index is -0.257. The van der Waals surface area contributed by atoms with Gasteiger partial charge in [0.2, 0.25) is 0 Å². The van der Waals surface area contributed by atoms with Crippen LogP contribution in [0.25, 0.3) is 0 Å². The van der Waals surface area contributed by atoms with Crippen LogP contribution in [0.4, 0.5) is 0 Å². The van der Waals surface area contributed by atoms with Gasteiger partial charge in [-0.3, -0.25) is 0 Å². The molecule has 2 unspecified atom stereocenters. The van der Waals surface area contributed by atoms with Crippen LogP contribution in [0.5, 0.6) is 0 Å².